The highest BCUT2D eigenvalue weighted by Crippen LogP contribution is 2.71. The van der Waals surface area contributed by atoms with E-state index < -0.39 is 23.3 Å². The number of nitrogens with zero attached hydrogens (tertiary/aromatic N) is 1. The summed E-state index contributed by atoms with van der Waals surface area (Å²) in [6.07, 6.45) is 7.15. The van der Waals surface area contributed by atoms with E-state index in [4.69, 9.17) is 18.9 Å². The number of ether oxygens (including phenoxy) is 4. The van der Waals surface area contributed by atoms with Crippen LogP contribution in [0.5, 0.6) is 0 Å². The van der Waals surface area contributed by atoms with Gasteiger partial charge >= 0.3 is 6.09 Å². The molecule has 3 saturated carbocycles. The molecule has 6 atom stereocenters. The van der Waals surface area contributed by atoms with Gasteiger partial charge in [0.2, 0.25) is 0 Å². The normalized spacial score (nSPS) is 41.6. The highest BCUT2D eigenvalue weighted by atomic mass is 16.7. The smallest absolute Gasteiger partial charge is 0.411 e. The Hall–Kier alpha value is -1.97. The zero-order valence-electron chi connectivity index (χ0n) is 23.3. The molecule has 212 valence electrons. The van der Waals surface area contributed by atoms with Crippen molar-refractivity contribution in [3.63, 3.8) is 0 Å². The van der Waals surface area contributed by atoms with Crippen LogP contribution in [-0.4, -0.2) is 67.0 Å². The third-order valence-corrected chi connectivity index (χ3v) is 11.8. The van der Waals surface area contributed by atoms with E-state index in [9.17, 15) is 15.0 Å². The van der Waals surface area contributed by atoms with E-state index in [-0.39, 0.29) is 16.7 Å². The lowest BCUT2D eigenvalue weighted by molar-refractivity contribution is -0.278. The van der Waals surface area contributed by atoms with E-state index in [1.807, 2.05) is 24.3 Å². The molecule has 39 heavy (non-hydrogen) atoms. The summed E-state index contributed by atoms with van der Waals surface area (Å²) in [5.41, 5.74) is 1.40. The fourth-order valence-electron chi connectivity index (χ4n) is 9.68. The van der Waals surface area contributed by atoms with Gasteiger partial charge in [0.1, 0.15) is 0 Å². The minimum Gasteiger partial charge on any atom is -0.465 e. The molecule has 4 aliphatic carbocycles. The van der Waals surface area contributed by atoms with Crippen LogP contribution in [0, 0.1) is 28.6 Å². The lowest BCUT2D eigenvalue weighted by Gasteiger charge is -2.64. The average Bonchev–Trinajstić information content (AvgIpc) is 3.65. The summed E-state index contributed by atoms with van der Waals surface area (Å²) < 4.78 is 25.0. The highest BCUT2D eigenvalue weighted by Gasteiger charge is 2.70. The van der Waals surface area contributed by atoms with Crippen LogP contribution in [0.2, 0.25) is 0 Å². The summed E-state index contributed by atoms with van der Waals surface area (Å²) in [4.78, 5) is 12.8. The van der Waals surface area contributed by atoms with Crippen molar-refractivity contribution >= 4 is 17.4 Å². The summed E-state index contributed by atoms with van der Waals surface area (Å²) in [5.74, 6) is -0.340. The Bertz CT molecular complexity index is 1190. The first-order valence-electron chi connectivity index (χ1n) is 14.6. The summed E-state index contributed by atoms with van der Waals surface area (Å²) in [5, 5.41) is 21.9. The Kier molecular flexibility index (Phi) is 5.67. The maximum Gasteiger partial charge on any atom is 0.411 e. The summed E-state index contributed by atoms with van der Waals surface area (Å²) >= 11 is 0. The number of aliphatic hydroxyl groups is 1. The van der Waals surface area contributed by atoms with Gasteiger partial charge in [0.15, 0.2) is 11.6 Å². The van der Waals surface area contributed by atoms with Gasteiger partial charge in [-0.1, -0.05) is 32.1 Å². The fourth-order valence-corrected chi connectivity index (χ4v) is 9.68. The average molecular weight is 540 g/mol. The molecule has 2 saturated heterocycles. The van der Waals surface area contributed by atoms with Gasteiger partial charge in [-0.05, 0) is 66.7 Å². The number of allylic oxidation sites excluding steroid dienone is 1. The molecule has 1 aromatic rings. The van der Waals surface area contributed by atoms with Crippen LogP contribution in [0.4, 0.5) is 10.5 Å². The molecule has 2 heterocycles. The molecule has 0 aromatic heterocycles. The van der Waals surface area contributed by atoms with E-state index in [1.54, 1.807) is 7.05 Å². The molecule has 1 aromatic carbocycles. The molecule has 7 rings (SSSR count). The van der Waals surface area contributed by atoms with Crippen molar-refractivity contribution in [2.24, 2.45) is 28.6 Å². The van der Waals surface area contributed by atoms with Crippen molar-refractivity contribution in [2.45, 2.75) is 76.0 Å². The number of anilines is 1. The quantitative estimate of drug-likeness (QED) is 0.543. The number of hydrogen-bond donors (Lipinski definition) is 2. The zero-order valence-corrected chi connectivity index (χ0v) is 23.3. The summed E-state index contributed by atoms with van der Waals surface area (Å²) in [6, 6.07) is 7.86. The van der Waals surface area contributed by atoms with Crippen LogP contribution < -0.4 is 4.90 Å². The molecule has 5 fully saturated rings. The van der Waals surface area contributed by atoms with Crippen molar-refractivity contribution in [3.05, 3.63) is 35.9 Å². The molecule has 8 nitrogen and oxygen atoms in total. The second-order valence-corrected chi connectivity index (χ2v) is 13.3. The van der Waals surface area contributed by atoms with Crippen LogP contribution in [0.15, 0.2) is 30.3 Å². The Morgan fingerprint density at radius 2 is 1.59 bits per heavy atom. The number of rotatable bonds is 2. The second-order valence-electron chi connectivity index (χ2n) is 13.3. The van der Waals surface area contributed by atoms with E-state index >= 15 is 0 Å². The van der Waals surface area contributed by atoms with Gasteiger partial charge in [0, 0.05) is 42.8 Å². The zero-order chi connectivity index (χ0) is 27.3. The number of hydrogen-bond acceptors (Lipinski definition) is 6. The Labute approximate surface area is 230 Å². The van der Waals surface area contributed by atoms with Gasteiger partial charge in [0.25, 0.3) is 0 Å². The van der Waals surface area contributed by atoms with E-state index in [0.717, 1.165) is 44.1 Å². The standard InChI is InChI=1S/C31H41NO7/c1-27-12-13-30(36-14-15-37-30)19-29(27,35)10-8-22-24-9-11-31(38-16-17-39-31)28(24,2)18-23(25(22)27)20-4-6-21(7-5-20)32(3)26(33)34/h4-7,18,22,24-25,35H,8-17,19H2,1-3H3,(H,33,34)/t22-,24-,25+,27+,28-,29+/m0/s1. The van der Waals surface area contributed by atoms with Gasteiger partial charge in [-0.15, -0.1) is 0 Å². The van der Waals surface area contributed by atoms with Crippen molar-refractivity contribution < 1.29 is 34.0 Å². The largest absolute Gasteiger partial charge is 0.465 e. The fraction of sp³-hybridized carbons (Fsp3) is 0.710. The maximum atomic E-state index is 12.5. The SMILES string of the molecule is CN(C(=O)O)c1ccc(C2=C[C@@]3(C)[C@@H](CCC34OCCO4)[C@@H]3CC[C@@]4(O)CC5(CC[C@]4(C)[C@@H]23)OCCO5)cc1. The monoisotopic (exact) mass is 539 g/mol. The van der Waals surface area contributed by atoms with Crippen molar-refractivity contribution in [2.75, 3.05) is 38.4 Å². The molecule has 2 spiro atoms. The lowest BCUT2D eigenvalue weighted by atomic mass is 9.43. The van der Waals surface area contributed by atoms with Crippen LogP contribution >= 0.6 is 0 Å². The van der Waals surface area contributed by atoms with E-state index in [1.165, 1.54) is 10.5 Å². The predicted molar refractivity (Wildman–Crippen MR) is 144 cm³/mol. The number of carbonyl (C=O) groups is 1. The number of carboxylic acid groups (broad SMARTS) is 1. The highest BCUT2D eigenvalue weighted by molar-refractivity contribution is 5.85. The molecule has 0 unspecified atom stereocenters. The van der Waals surface area contributed by atoms with Crippen LogP contribution in [0.3, 0.4) is 0 Å². The van der Waals surface area contributed by atoms with Gasteiger partial charge in [0.05, 0.1) is 32.0 Å². The molecular weight excluding hydrogens is 498 g/mol. The second kappa shape index (κ2) is 8.52. The summed E-state index contributed by atoms with van der Waals surface area (Å²) in [6.45, 7) is 7.03. The number of amides is 1. The van der Waals surface area contributed by atoms with Gasteiger partial charge < -0.3 is 29.2 Å². The molecule has 0 bridgehead atoms. The third kappa shape index (κ3) is 3.45. The Morgan fingerprint density at radius 3 is 2.26 bits per heavy atom. The van der Waals surface area contributed by atoms with Crippen molar-refractivity contribution in [1.29, 1.82) is 0 Å². The molecular formula is C31H41NO7. The first kappa shape index (κ1) is 26.0. The van der Waals surface area contributed by atoms with Crippen LogP contribution in [0.25, 0.3) is 5.57 Å². The van der Waals surface area contributed by atoms with E-state index in [0.29, 0.717) is 50.4 Å². The minimum absolute atomic E-state index is 0.146. The minimum atomic E-state index is -0.990. The van der Waals surface area contributed by atoms with Crippen molar-refractivity contribution in [3.8, 4) is 0 Å². The Morgan fingerprint density at radius 1 is 0.923 bits per heavy atom. The molecule has 0 radical (unpaired) electrons. The molecule has 8 heteroatoms. The third-order valence-electron chi connectivity index (χ3n) is 11.8. The van der Waals surface area contributed by atoms with E-state index in [2.05, 4.69) is 19.9 Å². The first-order chi connectivity index (χ1) is 18.6. The van der Waals surface area contributed by atoms with Gasteiger partial charge in [-0.25, -0.2) is 4.79 Å². The van der Waals surface area contributed by atoms with Gasteiger partial charge in [-0.3, -0.25) is 4.90 Å². The molecule has 1 amide bonds. The molecule has 2 N–H and O–H groups in total. The summed E-state index contributed by atoms with van der Waals surface area (Å²) in [7, 11) is 1.56. The van der Waals surface area contributed by atoms with Crippen LogP contribution in [-0.2, 0) is 18.9 Å². The lowest BCUT2D eigenvalue weighted by Crippen LogP contribution is -2.65. The van der Waals surface area contributed by atoms with Gasteiger partial charge in [-0.2, -0.15) is 0 Å². The molecule has 6 aliphatic rings. The van der Waals surface area contributed by atoms with Crippen molar-refractivity contribution in [1.82, 2.24) is 0 Å². The number of benzene rings is 1. The van der Waals surface area contributed by atoms with Crippen LogP contribution in [0.1, 0.15) is 64.4 Å². The number of fused-ring (bicyclic) bond motifs is 6. The topological polar surface area (TPSA) is 97.7 Å². The Balaban J connectivity index is 1.35. The first-order valence-corrected chi connectivity index (χ1v) is 14.6. The maximum absolute atomic E-state index is 12.5. The predicted octanol–water partition coefficient (Wildman–Crippen LogP) is 5.05. The molecule has 2 aliphatic heterocycles.